The molecular formula is C13H19N3OS. The summed E-state index contributed by atoms with van der Waals surface area (Å²) in [6.07, 6.45) is 1.03. The molecule has 0 aliphatic rings. The van der Waals surface area contributed by atoms with Crippen molar-refractivity contribution in [3.05, 3.63) is 22.2 Å². The van der Waals surface area contributed by atoms with E-state index in [1.54, 1.807) is 11.3 Å². The molecule has 0 aliphatic carbocycles. The highest BCUT2D eigenvalue weighted by Gasteiger charge is 2.22. The van der Waals surface area contributed by atoms with Crippen molar-refractivity contribution in [2.45, 2.75) is 39.2 Å². The molecule has 2 aromatic heterocycles. The number of aryl methyl sites for hydroxylation is 1. The van der Waals surface area contributed by atoms with Gasteiger partial charge >= 0.3 is 0 Å². The molecule has 0 bridgehead atoms. The molecule has 0 aliphatic heterocycles. The number of nitrogens with one attached hydrogen (secondary N) is 1. The molecule has 2 atom stereocenters. The van der Waals surface area contributed by atoms with Crippen LogP contribution in [0.15, 0.2) is 15.3 Å². The molecule has 0 amide bonds. The Bertz CT molecular complexity index is 502. The highest BCUT2D eigenvalue weighted by atomic mass is 32.1. The van der Waals surface area contributed by atoms with Crippen LogP contribution in [0.2, 0.25) is 0 Å². The first-order valence-corrected chi connectivity index (χ1v) is 7.15. The molecule has 5 heteroatoms. The zero-order chi connectivity index (χ0) is 13.1. The summed E-state index contributed by atoms with van der Waals surface area (Å²) in [5, 5.41) is 11.5. The predicted molar refractivity (Wildman–Crippen MR) is 73.9 cm³/mol. The molecule has 0 saturated heterocycles. The second-order valence-corrected chi connectivity index (χ2v) is 5.26. The third-order valence-electron chi connectivity index (χ3n) is 3.34. The topological polar surface area (TPSA) is 51.0 Å². The Labute approximate surface area is 111 Å². The SMILES string of the molecule is CCC(NC)C(C)c1nc(-c2cscc2C)no1. The van der Waals surface area contributed by atoms with Crippen LogP contribution in [-0.2, 0) is 0 Å². The molecule has 0 radical (unpaired) electrons. The molecule has 4 nitrogen and oxygen atoms in total. The Morgan fingerprint density at radius 3 is 2.78 bits per heavy atom. The lowest BCUT2D eigenvalue weighted by atomic mass is 10.00. The van der Waals surface area contributed by atoms with Crippen LogP contribution in [0.25, 0.3) is 11.4 Å². The molecule has 2 heterocycles. The summed E-state index contributed by atoms with van der Waals surface area (Å²) in [4.78, 5) is 4.52. The normalized spacial score (nSPS) is 14.7. The molecule has 0 aromatic carbocycles. The van der Waals surface area contributed by atoms with Gasteiger partial charge in [-0.05, 0) is 31.3 Å². The van der Waals surface area contributed by atoms with Crippen LogP contribution < -0.4 is 5.32 Å². The number of likely N-dealkylation sites (N-methyl/N-ethyl adjacent to an activating group) is 1. The summed E-state index contributed by atoms with van der Waals surface area (Å²) < 4.78 is 5.39. The van der Waals surface area contributed by atoms with Crippen LogP contribution in [0.4, 0.5) is 0 Å². The molecule has 98 valence electrons. The number of nitrogens with zero attached hydrogens (tertiary/aromatic N) is 2. The van der Waals surface area contributed by atoms with Gasteiger partial charge in [0.1, 0.15) is 0 Å². The molecule has 1 N–H and O–H groups in total. The summed E-state index contributed by atoms with van der Waals surface area (Å²) in [5.74, 6) is 1.62. The van der Waals surface area contributed by atoms with E-state index in [4.69, 9.17) is 4.52 Å². The van der Waals surface area contributed by atoms with E-state index in [2.05, 4.69) is 47.0 Å². The molecule has 0 saturated carbocycles. The Balaban J connectivity index is 2.23. The number of hydrogen-bond acceptors (Lipinski definition) is 5. The first kappa shape index (κ1) is 13.2. The van der Waals surface area contributed by atoms with Crippen molar-refractivity contribution in [3.63, 3.8) is 0 Å². The largest absolute Gasteiger partial charge is 0.339 e. The first-order chi connectivity index (χ1) is 8.67. The third kappa shape index (κ3) is 2.47. The summed E-state index contributed by atoms with van der Waals surface area (Å²) in [6, 6.07) is 0.363. The predicted octanol–water partition coefficient (Wildman–Crippen LogP) is 3.21. The van der Waals surface area contributed by atoms with E-state index in [0.717, 1.165) is 12.0 Å². The fourth-order valence-electron chi connectivity index (χ4n) is 2.10. The van der Waals surface area contributed by atoms with E-state index in [1.165, 1.54) is 5.56 Å². The minimum absolute atomic E-state index is 0.222. The van der Waals surface area contributed by atoms with Gasteiger partial charge in [-0.25, -0.2) is 0 Å². The lowest BCUT2D eigenvalue weighted by Gasteiger charge is -2.18. The standard InChI is InChI=1S/C13H19N3OS/c1-5-11(14-4)9(3)13-15-12(16-17-13)10-7-18-6-8(10)2/h6-7,9,11,14H,5H2,1-4H3. The van der Waals surface area contributed by atoms with Gasteiger partial charge in [0.05, 0.1) is 5.92 Å². The number of thiophene rings is 1. The van der Waals surface area contributed by atoms with Crippen LogP contribution in [0.1, 0.15) is 37.6 Å². The van der Waals surface area contributed by atoms with Crippen molar-refractivity contribution in [1.82, 2.24) is 15.5 Å². The maximum atomic E-state index is 5.39. The minimum Gasteiger partial charge on any atom is -0.339 e. The van der Waals surface area contributed by atoms with Gasteiger partial charge < -0.3 is 9.84 Å². The van der Waals surface area contributed by atoms with E-state index in [0.29, 0.717) is 17.8 Å². The van der Waals surface area contributed by atoms with Crippen LogP contribution >= 0.6 is 11.3 Å². The fourth-order valence-corrected chi connectivity index (χ4v) is 2.93. The lowest BCUT2D eigenvalue weighted by Crippen LogP contribution is -2.30. The van der Waals surface area contributed by atoms with Gasteiger partial charge in [-0.2, -0.15) is 16.3 Å². The van der Waals surface area contributed by atoms with E-state index < -0.39 is 0 Å². The Kier molecular flexibility index (Phi) is 4.14. The van der Waals surface area contributed by atoms with Gasteiger partial charge in [0, 0.05) is 17.0 Å². The van der Waals surface area contributed by atoms with E-state index in [1.807, 2.05) is 7.05 Å². The van der Waals surface area contributed by atoms with Crippen molar-refractivity contribution in [1.29, 1.82) is 0 Å². The highest BCUT2D eigenvalue weighted by Crippen LogP contribution is 2.27. The molecule has 2 rings (SSSR count). The average Bonchev–Trinajstić information content (AvgIpc) is 2.98. The molecular weight excluding hydrogens is 246 g/mol. The Morgan fingerprint density at radius 1 is 1.44 bits per heavy atom. The molecule has 0 spiro atoms. The molecule has 2 aromatic rings. The number of hydrogen-bond donors (Lipinski definition) is 1. The van der Waals surface area contributed by atoms with Gasteiger partial charge in [0.25, 0.3) is 0 Å². The highest BCUT2D eigenvalue weighted by molar-refractivity contribution is 7.08. The Hall–Kier alpha value is -1.20. The summed E-state index contributed by atoms with van der Waals surface area (Å²) in [6.45, 7) is 6.33. The molecule has 0 fully saturated rings. The van der Waals surface area contributed by atoms with Crippen molar-refractivity contribution in [2.24, 2.45) is 0 Å². The van der Waals surface area contributed by atoms with Crippen LogP contribution in [-0.4, -0.2) is 23.2 Å². The van der Waals surface area contributed by atoms with Gasteiger partial charge in [0.15, 0.2) is 0 Å². The van der Waals surface area contributed by atoms with Crippen molar-refractivity contribution in [3.8, 4) is 11.4 Å². The van der Waals surface area contributed by atoms with Crippen LogP contribution in [0.5, 0.6) is 0 Å². The van der Waals surface area contributed by atoms with E-state index >= 15 is 0 Å². The smallest absolute Gasteiger partial charge is 0.231 e. The summed E-state index contributed by atoms with van der Waals surface area (Å²) >= 11 is 1.66. The van der Waals surface area contributed by atoms with Gasteiger partial charge in [-0.1, -0.05) is 19.0 Å². The third-order valence-corrected chi connectivity index (χ3v) is 4.20. The minimum atomic E-state index is 0.222. The second kappa shape index (κ2) is 5.63. The van der Waals surface area contributed by atoms with Crippen molar-refractivity contribution < 1.29 is 4.52 Å². The summed E-state index contributed by atoms with van der Waals surface area (Å²) in [7, 11) is 1.96. The first-order valence-electron chi connectivity index (χ1n) is 6.21. The second-order valence-electron chi connectivity index (χ2n) is 4.52. The quantitative estimate of drug-likeness (QED) is 0.902. The van der Waals surface area contributed by atoms with Crippen molar-refractivity contribution in [2.75, 3.05) is 7.05 Å². The van der Waals surface area contributed by atoms with E-state index in [-0.39, 0.29) is 5.92 Å². The zero-order valence-electron chi connectivity index (χ0n) is 11.2. The zero-order valence-corrected chi connectivity index (χ0v) is 12.0. The van der Waals surface area contributed by atoms with E-state index in [9.17, 15) is 0 Å². The van der Waals surface area contributed by atoms with Gasteiger partial charge in [0.2, 0.25) is 11.7 Å². The van der Waals surface area contributed by atoms with Gasteiger partial charge in [-0.15, -0.1) is 0 Å². The molecule has 2 unspecified atom stereocenters. The number of aromatic nitrogens is 2. The van der Waals surface area contributed by atoms with Crippen LogP contribution in [0, 0.1) is 6.92 Å². The fraction of sp³-hybridized carbons (Fsp3) is 0.538. The van der Waals surface area contributed by atoms with Crippen LogP contribution in [0.3, 0.4) is 0 Å². The monoisotopic (exact) mass is 265 g/mol. The maximum absolute atomic E-state index is 5.39. The van der Waals surface area contributed by atoms with Gasteiger partial charge in [-0.3, -0.25) is 0 Å². The average molecular weight is 265 g/mol. The van der Waals surface area contributed by atoms with Crippen molar-refractivity contribution >= 4 is 11.3 Å². The maximum Gasteiger partial charge on any atom is 0.231 e. The lowest BCUT2D eigenvalue weighted by molar-refractivity contribution is 0.326. The summed E-state index contributed by atoms with van der Waals surface area (Å²) in [5.41, 5.74) is 2.26. The molecule has 18 heavy (non-hydrogen) atoms. The Morgan fingerprint density at radius 2 is 2.22 bits per heavy atom. The number of rotatable bonds is 5.